The lowest BCUT2D eigenvalue weighted by Gasteiger charge is -2.27. The number of carbonyl (C=O) groups is 1. The third kappa shape index (κ3) is 5.47. The van der Waals surface area contributed by atoms with Crippen molar-refractivity contribution in [2.24, 2.45) is 0 Å². The van der Waals surface area contributed by atoms with E-state index in [0.29, 0.717) is 18.1 Å². The van der Waals surface area contributed by atoms with Gasteiger partial charge in [0.05, 0.1) is 29.9 Å². The van der Waals surface area contributed by atoms with Gasteiger partial charge in [-0.05, 0) is 49.6 Å². The molecular formula is C24H28FN3O2S. The Hall–Kier alpha value is -2.35. The number of nitrogens with zero attached hydrogens (tertiary/aromatic N) is 3. The number of amides is 1. The summed E-state index contributed by atoms with van der Waals surface area (Å²) >= 11 is 1.37. The minimum Gasteiger partial charge on any atom is -0.379 e. The van der Waals surface area contributed by atoms with Crippen LogP contribution in [-0.2, 0) is 16.0 Å². The Bertz CT molecular complexity index is 1060. The zero-order valence-electron chi connectivity index (χ0n) is 18.1. The van der Waals surface area contributed by atoms with E-state index in [9.17, 15) is 9.18 Å². The van der Waals surface area contributed by atoms with Crippen molar-refractivity contribution >= 4 is 32.6 Å². The van der Waals surface area contributed by atoms with E-state index in [1.807, 2.05) is 19.1 Å². The summed E-state index contributed by atoms with van der Waals surface area (Å²) in [5, 5.41) is 0.636. The fraction of sp³-hybridized carbons (Fsp3) is 0.417. The summed E-state index contributed by atoms with van der Waals surface area (Å²) in [4.78, 5) is 22.1. The minimum absolute atomic E-state index is 0.0217. The smallest absolute Gasteiger partial charge is 0.233 e. The molecule has 0 aliphatic carbocycles. The lowest BCUT2D eigenvalue weighted by Crippen LogP contribution is -2.39. The van der Waals surface area contributed by atoms with E-state index < -0.39 is 0 Å². The van der Waals surface area contributed by atoms with Crippen molar-refractivity contribution < 1.29 is 13.9 Å². The van der Waals surface area contributed by atoms with Gasteiger partial charge < -0.3 is 4.74 Å². The molecule has 0 spiro atoms. The van der Waals surface area contributed by atoms with Crippen molar-refractivity contribution in [3.63, 3.8) is 0 Å². The molecular weight excluding hydrogens is 413 g/mol. The van der Waals surface area contributed by atoms with Crippen LogP contribution in [0, 0.1) is 19.7 Å². The van der Waals surface area contributed by atoms with Gasteiger partial charge in [0.1, 0.15) is 5.82 Å². The van der Waals surface area contributed by atoms with Crippen LogP contribution in [0.25, 0.3) is 10.2 Å². The first-order valence-corrected chi connectivity index (χ1v) is 11.5. The Morgan fingerprint density at radius 2 is 2.00 bits per heavy atom. The van der Waals surface area contributed by atoms with Gasteiger partial charge in [0.2, 0.25) is 5.91 Å². The number of aromatic nitrogens is 1. The predicted molar refractivity (Wildman–Crippen MR) is 123 cm³/mol. The number of ether oxygens (including phenoxy) is 1. The van der Waals surface area contributed by atoms with Crippen molar-refractivity contribution in [1.29, 1.82) is 0 Å². The highest BCUT2D eigenvalue weighted by atomic mass is 32.1. The fourth-order valence-corrected chi connectivity index (χ4v) is 4.94. The molecule has 7 heteroatoms. The Labute approximate surface area is 186 Å². The third-order valence-corrected chi connectivity index (χ3v) is 6.71. The zero-order valence-corrected chi connectivity index (χ0v) is 18.9. The number of thiazole rings is 1. The molecule has 0 atom stereocenters. The topological polar surface area (TPSA) is 45.7 Å². The van der Waals surface area contributed by atoms with E-state index in [4.69, 9.17) is 4.74 Å². The van der Waals surface area contributed by atoms with Crippen LogP contribution in [-0.4, -0.2) is 55.2 Å². The summed E-state index contributed by atoms with van der Waals surface area (Å²) in [5.74, 6) is -0.267. The highest BCUT2D eigenvalue weighted by molar-refractivity contribution is 7.22. The van der Waals surface area contributed by atoms with Crippen LogP contribution in [0.3, 0.4) is 0 Å². The summed E-state index contributed by atoms with van der Waals surface area (Å²) in [6.45, 7) is 8.97. The minimum atomic E-state index is -0.289. The molecule has 0 bridgehead atoms. The van der Waals surface area contributed by atoms with Gasteiger partial charge in [-0.25, -0.2) is 9.37 Å². The lowest BCUT2D eigenvalue weighted by atomic mass is 10.0. The molecule has 0 unspecified atom stereocenters. The van der Waals surface area contributed by atoms with E-state index in [1.54, 1.807) is 11.0 Å². The molecule has 0 radical (unpaired) electrons. The van der Waals surface area contributed by atoms with Crippen molar-refractivity contribution in [2.75, 3.05) is 44.3 Å². The van der Waals surface area contributed by atoms with E-state index >= 15 is 0 Å². The highest BCUT2D eigenvalue weighted by Gasteiger charge is 2.21. The Morgan fingerprint density at radius 1 is 1.19 bits per heavy atom. The van der Waals surface area contributed by atoms with E-state index in [0.717, 1.165) is 60.6 Å². The van der Waals surface area contributed by atoms with Crippen molar-refractivity contribution in [3.8, 4) is 0 Å². The molecule has 1 saturated heterocycles. The largest absolute Gasteiger partial charge is 0.379 e. The average molecular weight is 442 g/mol. The van der Waals surface area contributed by atoms with Crippen LogP contribution < -0.4 is 4.90 Å². The maximum atomic E-state index is 13.7. The molecule has 0 saturated carbocycles. The molecule has 1 aliphatic heterocycles. The molecule has 1 aromatic heterocycles. The molecule has 1 fully saturated rings. The number of fused-ring (bicyclic) bond motifs is 1. The third-order valence-electron chi connectivity index (χ3n) is 5.67. The second kappa shape index (κ2) is 9.85. The van der Waals surface area contributed by atoms with Gasteiger partial charge >= 0.3 is 0 Å². The number of morpholine rings is 1. The van der Waals surface area contributed by atoms with Gasteiger partial charge in [-0.15, -0.1) is 0 Å². The quantitative estimate of drug-likeness (QED) is 0.547. The monoisotopic (exact) mass is 441 g/mol. The number of carbonyl (C=O) groups excluding carboxylic acids is 1. The number of hydrogen-bond donors (Lipinski definition) is 0. The molecule has 5 nitrogen and oxygen atoms in total. The van der Waals surface area contributed by atoms with E-state index in [-0.39, 0.29) is 11.7 Å². The van der Waals surface area contributed by atoms with Crippen LogP contribution in [0.4, 0.5) is 9.52 Å². The van der Waals surface area contributed by atoms with Crippen LogP contribution in [0.1, 0.15) is 23.1 Å². The van der Waals surface area contributed by atoms with Crippen LogP contribution >= 0.6 is 11.3 Å². The average Bonchev–Trinajstić information content (AvgIpc) is 3.16. The molecule has 31 heavy (non-hydrogen) atoms. The normalized spacial score (nSPS) is 14.8. The lowest BCUT2D eigenvalue weighted by molar-refractivity contribution is -0.118. The Kier molecular flexibility index (Phi) is 6.95. The van der Waals surface area contributed by atoms with Gasteiger partial charge in [-0.2, -0.15) is 0 Å². The van der Waals surface area contributed by atoms with E-state index in [1.165, 1.54) is 29.0 Å². The number of halogens is 1. The molecule has 3 aromatic rings. The summed E-state index contributed by atoms with van der Waals surface area (Å²) in [5.41, 5.74) is 4.05. The molecule has 2 aromatic carbocycles. The highest BCUT2D eigenvalue weighted by Crippen LogP contribution is 2.30. The van der Waals surface area contributed by atoms with Gasteiger partial charge in [0.15, 0.2) is 5.13 Å². The SMILES string of the molecule is Cc1ccc(CC(=O)N(CCCN2CCOCC2)c2nc3ccc(F)cc3s2)c(C)c1. The summed E-state index contributed by atoms with van der Waals surface area (Å²) < 4.78 is 19.8. The van der Waals surface area contributed by atoms with Crippen molar-refractivity contribution in [2.45, 2.75) is 26.7 Å². The first kappa shape index (κ1) is 21.9. The number of rotatable bonds is 7. The van der Waals surface area contributed by atoms with Crippen LogP contribution in [0.15, 0.2) is 36.4 Å². The van der Waals surface area contributed by atoms with Crippen LogP contribution in [0.2, 0.25) is 0 Å². The summed E-state index contributed by atoms with van der Waals surface area (Å²) in [6, 6.07) is 10.7. The molecule has 1 aliphatic rings. The maximum Gasteiger partial charge on any atom is 0.233 e. The first-order valence-electron chi connectivity index (χ1n) is 10.7. The van der Waals surface area contributed by atoms with Gasteiger partial charge in [0, 0.05) is 26.2 Å². The molecule has 4 rings (SSSR count). The van der Waals surface area contributed by atoms with Gasteiger partial charge in [0.25, 0.3) is 0 Å². The predicted octanol–water partition coefficient (Wildman–Crippen LogP) is 4.35. The molecule has 2 heterocycles. The number of aryl methyl sites for hydroxylation is 2. The molecule has 0 N–H and O–H groups in total. The van der Waals surface area contributed by atoms with Gasteiger partial charge in [-0.1, -0.05) is 35.1 Å². The van der Waals surface area contributed by atoms with Crippen molar-refractivity contribution in [3.05, 3.63) is 58.9 Å². The summed E-state index contributed by atoms with van der Waals surface area (Å²) in [6.07, 6.45) is 1.18. The standard InChI is InChI=1S/C24H28FN3O2S/c1-17-4-5-19(18(2)14-17)15-23(29)28(9-3-8-27-10-12-30-13-11-27)24-26-21-7-6-20(25)16-22(21)31-24/h4-7,14,16H,3,8-13,15H2,1-2H3. The number of hydrogen-bond acceptors (Lipinski definition) is 5. The summed E-state index contributed by atoms with van der Waals surface area (Å²) in [7, 11) is 0. The zero-order chi connectivity index (χ0) is 21.8. The number of benzene rings is 2. The van der Waals surface area contributed by atoms with E-state index in [2.05, 4.69) is 22.9 Å². The second-order valence-electron chi connectivity index (χ2n) is 8.07. The fourth-order valence-electron chi connectivity index (χ4n) is 3.91. The number of anilines is 1. The molecule has 164 valence electrons. The Balaban J connectivity index is 1.53. The second-order valence-corrected chi connectivity index (χ2v) is 9.08. The molecule has 1 amide bonds. The van der Waals surface area contributed by atoms with Crippen molar-refractivity contribution in [1.82, 2.24) is 9.88 Å². The Morgan fingerprint density at radius 3 is 2.77 bits per heavy atom. The van der Waals surface area contributed by atoms with Gasteiger partial charge in [-0.3, -0.25) is 14.6 Å². The van der Waals surface area contributed by atoms with Crippen LogP contribution in [0.5, 0.6) is 0 Å². The first-order chi connectivity index (χ1) is 15.0. The maximum absolute atomic E-state index is 13.7.